The lowest BCUT2D eigenvalue weighted by atomic mass is 9.87. The lowest BCUT2D eigenvalue weighted by Crippen LogP contribution is -2.29. The standard InChI is InChI=1S/C22H23FN2O/c1-24-15-19(17-9-3-5-11-21(17)24)18(16-8-2-4-10-20(16)23)14-22(26)25-12-6-7-13-25/h2-5,8-11,15,18H,6-7,12-14H2,1H3. The van der Waals surface area contributed by atoms with Gasteiger partial charge in [-0.25, -0.2) is 4.39 Å². The number of hydrogen-bond donors (Lipinski definition) is 0. The largest absolute Gasteiger partial charge is 0.350 e. The molecule has 0 bridgehead atoms. The summed E-state index contributed by atoms with van der Waals surface area (Å²) in [6.45, 7) is 1.64. The minimum Gasteiger partial charge on any atom is -0.350 e. The molecule has 1 saturated heterocycles. The molecule has 0 aliphatic carbocycles. The van der Waals surface area contributed by atoms with Gasteiger partial charge in [-0.3, -0.25) is 4.79 Å². The van der Waals surface area contributed by atoms with E-state index in [0.717, 1.165) is 42.4 Å². The van der Waals surface area contributed by atoms with Crippen LogP contribution in [0.25, 0.3) is 10.9 Å². The van der Waals surface area contributed by atoms with Crippen LogP contribution in [-0.2, 0) is 11.8 Å². The first-order valence-electron chi connectivity index (χ1n) is 9.21. The highest BCUT2D eigenvalue weighted by atomic mass is 19.1. The molecule has 1 aromatic heterocycles. The Balaban J connectivity index is 1.79. The van der Waals surface area contributed by atoms with Gasteiger partial charge in [0.15, 0.2) is 0 Å². The molecule has 0 spiro atoms. The highest BCUT2D eigenvalue weighted by molar-refractivity contribution is 5.86. The van der Waals surface area contributed by atoms with E-state index in [0.29, 0.717) is 12.0 Å². The van der Waals surface area contributed by atoms with Gasteiger partial charge in [-0.1, -0.05) is 36.4 Å². The van der Waals surface area contributed by atoms with Gasteiger partial charge in [-0.2, -0.15) is 0 Å². The average Bonchev–Trinajstić information content (AvgIpc) is 3.29. The van der Waals surface area contributed by atoms with E-state index in [-0.39, 0.29) is 17.6 Å². The molecular weight excluding hydrogens is 327 g/mol. The van der Waals surface area contributed by atoms with Crippen molar-refractivity contribution in [2.75, 3.05) is 13.1 Å². The van der Waals surface area contributed by atoms with Crippen molar-refractivity contribution in [3.05, 3.63) is 71.7 Å². The van der Waals surface area contributed by atoms with Crippen LogP contribution in [0, 0.1) is 5.82 Å². The Kier molecular flexibility index (Phi) is 4.49. The fraction of sp³-hybridized carbons (Fsp3) is 0.318. The number of aromatic nitrogens is 1. The summed E-state index contributed by atoms with van der Waals surface area (Å²) in [5.74, 6) is -0.418. The Morgan fingerprint density at radius 1 is 1.04 bits per heavy atom. The highest BCUT2D eigenvalue weighted by Gasteiger charge is 2.27. The van der Waals surface area contributed by atoms with Crippen molar-refractivity contribution in [1.82, 2.24) is 9.47 Å². The quantitative estimate of drug-likeness (QED) is 0.682. The van der Waals surface area contributed by atoms with Crippen LogP contribution in [0.2, 0.25) is 0 Å². The number of fused-ring (bicyclic) bond motifs is 1. The van der Waals surface area contributed by atoms with Crippen molar-refractivity contribution in [2.45, 2.75) is 25.2 Å². The normalized spacial score (nSPS) is 15.5. The van der Waals surface area contributed by atoms with Crippen LogP contribution in [0.3, 0.4) is 0 Å². The molecule has 2 aromatic carbocycles. The Bertz CT molecular complexity index is 940. The van der Waals surface area contributed by atoms with Gasteiger partial charge in [-0.15, -0.1) is 0 Å². The smallest absolute Gasteiger partial charge is 0.223 e. The molecule has 134 valence electrons. The summed E-state index contributed by atoms with van der Waals surface area (Å²) in [5.41, 5.74) is 2.70. The Morgan fingerprint density at radius 3 is 2.50 bits per heavy atom. The number of hydrogen-bond acceptors (Lipinski definition) is 1. The molecule has 1 amide bonds. The number of carbonyl (C=O) groups is 1. The zero-order valence-corrected chi connectivity index (χ0v) is 15.0. The molecule has 1 atom stereocenters. The molecule has 4 rings (SSSR count). The van der Waals surface area contributed by atoms with Crippen molar-refractivity contribution in [3.8, 4) is 0 Å². The molecule has 1 fully saturated rings. The summed E-state index contributed by atoms with van der Waals surface area (Å²) in [6, 6.07) is 14.9. The van der Waals surface area contributed by atoms with E-state index in [1.807, 2.05) is 36.3 Å². The zero-order valence-electron chi connectivity index (χ0n) is 15.0. The number of benzene rings is 2. The summed E-state index contributed by atoms with van der Waals surface area (Å²) in [5, 5.41) is 1.08. The van der Waals surface area contributed by atoms with Crippen molar-refractivity contribution < 1.29 is 9.18 Å². The van der Waals surface area contributed by atoms with E-state index in [1.165, 1.54) is 6.07 Å². The maximum atomic E-state index is 14.6. The first kappa shape index (κ1) is 16.8. The number of halogens is 1. The van der Waals surface area contributed by atoms with Crippen LogP contribution in [0.5, 0.6) is 0 Å². The van der Waals surface area contributed by atoms with Gasteiger partial charge in [0.05, 0.1) is 0 Å². The minimum absolute atomic E-state index is 0.115. The van der Waals surface area contributed by atoms with E-state index >= 15 is 0 Å². The Hall–Kier alpha value is -2.62. The summed E-state index contributed by atoms with van der Waals surface area (Å²) < 4.78 is 16.7. The second-order valence-corrected chi connectivity index (χ2v) is 7.08. The molecule has 2 heterocycles. The summed E-state index contributed by atoms with van der Waals surface area (Å²) in [7, 11) is 1.99. The van der Waals surface area contributed by atoms with E-state index in [1.54, 1.807) is 12.1 Å². The molecule has 0 saturated carbocycles. The molecule has 1 aliphatic rings. The van der Waals surface area contributed by atoms with Crippen LogP contribution < -0.4 is 0 Å². The molecule has 0 radical (unpaired) electrons. The minimum atomic E-state index is -0.282. The van der Waals surface area contributed by atoms with Gasteiger partial charge >= 0.3 is 0 Å². The lowest BCUT2D eigenvalue weighted by molar-refractivity contribution is -0.130. The van der Waals surface area contributed by atoms with Crippen LogP contribution in [-0.4, -0.2) is 28.5 Å². The highest BCUT2D eigenvalue weighted by Crippen LogP contribution is 2.36. The van der Waals surface area contributed by atoms with E-state index < -0.39 is 0 Å². The van der Waals surface area contributed by atoms with Crippen molar-refractivity contribution in [1.29, 1.82) is 0 Å². The molecule has 1 unspecified atom stereocenters. The molecule has 3 nitrogen and oxygen atoms in total. The van der Waals surface area contributed by atoms with E-state index in [4.69, 9.17) is 0 Å². The van der Waals surface area contributed by atoms with Crippen molar-refractivity contribution in [2.24, 2.45) is 7.05 Å². The molecular formula is C22H23FN2O. The Morgan fingerprint density at radius 2 is 1.73 bits per heavy atom. The molecule has 1 aliphatic heterocycles. The number of likely N-dealkylation sites (tertiary alicyclic amines) is 1. The van der Waals surface area contributed by atoms with Gasteiger partial charge in [0.25, 0.3) is 0 Å². The van der Waals surface area contributed by atoms with Gasteiger partial charge in [0.2, 0.25) is 5.91 Å². The number of amides is 1. The van der Waals surface area contributed by atoms with E-state index in [2.05, 4.69) is 16.7 Å². The zero-order chi connectivity index (χ0) is 18.1. The molecule has 0 N–H and O–H groups in total. The van der Waals surface area contributed by atoms with Gasteiger partial charge in [-0.05, 0) is 36.1 Å². The third-order valence-electron chi connectivity index (χ3n) is 5.42. The summed E-state index contributed by atoms with van der Waals surface area (Å²) in [4.78, 5) is 14.8. The molecule has 4 heteroatoms. The van der Waals surface area contributed by atoms with Gasteiger partial charge in [0.1, 0.15) is 5.82 Å². The number of rotatable bonds is 4. The topological polar surface area (TPSA) is 25.2 Å². The van der Waals surface area contributed by atoms with Crippen LogP contribution >= 0.6 is 0 Å². The number of nitrogens with zero attached hydrogens (tertiary/aromatic N) is 2. The first-order chi connectivity index (χ1) is 12.6. The monoisotopic (exact) mass is 350 g/mol. The average molecular weight is 350 g/mol. The van der Waals surface area contributed by atoms with Crippen molar-refractivity contribution >= 4 is 16.8 Å². The predicted molar refractivity (Wildman–Crippen MR) is 102 cm³/mol. The number of para-hydroxylation sites is 1. The first-order valence-corrected chi connectivity index (χ1v) is 9.21. The third kappa shape index (κ3) is 3.00. The summed E-state index contributed by atoms with van der Waals surface area (Å²) >= 11 is 0. The second-order valence-electron chi connectivity index (χ2n) is 7.08. The second kappa shape index (κ2) is 6.94. The molecule has 26 heavy (non-hydrogen) atoms. The maximum Gasteiger partial charge on any atom is 0.223 e. The van der Waals surface area contributed by atoms with Crippen molar-refractivity contribution in [3.63, 3.8) is 0 Å². The summed E-state index contributed by atoms with van der Waals surface area (Å²) in [6.07, 6.45) is 4.46. The SMILES string of the molecule is Cn1cc(C(CC(=O)N2CCCC2)c2ccccc2F)c2ccccc21. The fourth-order valence-electron chi connectivity index (χ4n) is 4.07. The maximum absolute atomic E-state index is 14.6. The number of carbonyl (C=O) groups excluding carboxylic acids is 1. The van der Waals surface area contributed by atoms with Crippen LogP contribution in [0.4, 0.5) is 4.39 Å². The lowest BCUT2D eigenvalue weighted by Gasteiger charge is -2.22. The van der Waals surface area contributed by atoms with Gasteiger partial charge in [0, 0.05) is 49.6 Å². The van der Waals surface area contributed by atoms with Crippen LogP contribution in [0.1, 0.15) is 36.3 Å². The molecule has 3 aromatic rings. The fourth-order valence-corrected chi connectivity index (χ4v) is 4.07. The predicted octanol–water partition coefficient (Wildman–Crippen LogP) is 4.46. The van der Waals surface area contributed by atoms with Gasteiger partial charge < -0.3 is 9.47 Å². The number of aryl methyl sites for hydroxylation is 1. The van der Waals surface area contributed by atoms with Crippen LogP contribution in [0.15, 0.2) is 54.7 Å². The Labute approximate surface area is 153 Å². The van der Waals surface area contributed by atoms with E-state index in [9.17, 15) is 9.18 Å². The third-order valence-corrected chi connectivity index (χ3v) is 5.42.